The van der Waals surface area contributed by atoms with Crippen LogP contribution < -0.4 is 5.14 Å². The molecule has 0 aliphatic rings. The number of aromatic nitrogens is 1. The number of pyridine rings is 1. The van der Waals surface area contributed by atoms with Crippen LogP contribution in [0.5, 0.6) is 0 Å². The van der Waals surface area contributed by atoms with Crippen molar-refractivity contribution in [3.8, 4) is 6.07 Å². The molecule has 0 unspecified atom stereocenters. The second kappa shape index (κ2) is 4.40. The van der Waals surface area contributed by atoms with Crippen molar-refractivity contribution in [1.82, 2.24) is 4.98 Å². The van der Waals surface area contributed by atoms with E-state index in [4.69, 9.17) is 10.4 Å². The fourth-order valence-electron chi connectivity index (χ4n) is 1.03. The highest BCUT2D eigenvalue weighted by atomic mass is 79.9. The summed E-state index contributed by atoms with van der Waals surface area (Å²) in [5.41, 5.74) is -1.48. The molecule has 0 aliphatic carbocycles. The van der Waals surface area contributed by atoms with E-state index in [0.717, 1.165) is 0 Å². The summed E-state index contributed by atoms with van der Waals surface area (Å²) in [6, 6.07) is 1.45. The van der Waals surface area contributed by atoms with Crippen LogP contribution in [0.4, 0.5) is 8.78 Å². The lowest BCUT2D eigenvalue weighted by Gasteiger charge is -2.08. The number of hydrogen-bond donors (Lipinski definition) is 1. The van der Waals surface area contributed by atoms with Crippen LogP contribution in [0.3, 0.4) is 0 Å². The summed E-state index contributed by atoms with van der Waals surface area (Å²) in [6.45, 7) is 0. The van der Waals surface area contributed by atoms with Gasteiger partial charge in [-0.15, -0.1) is 0 Å². The number of hydrogen-bond acceptors (Lipinski definition) is 4. The fourth-order valence-corrected chi connectivity index (χ4v) is 2.14. The molecule has 1 heterocycles. The Bertz CT molecular complexity index is 568. The largest absolute Gasteiger partial charge is 0.266 e. The van der Waals surface area contributed by atoms with Crippen LogP contribution in [0.2, 0.25) is 0 Å². The van der Waals surface area contributed by atoms with Gasteiger partial charge in [0.2, 0.25) is 10.0 Å². The van der Waals surface area contributed by atoms with Crippen LogP contribution in [-0.2, 0) is 10.0 Å². The highest BCUT2D eigenvalue weighted by molar-refractivity contribution is 9.10. The van der Waals surface area contributed by atoms with Crippen LogP contribution in [-0.4, -0.2) is 13.4 Å². The molecular formula is C7H4BrF2N3O2S. The first-order valence-corrected chi connectivity index (χ1v) is 6.02. The van der Waals surface area contributed by atoms with Gasteiger partial charge >= 0.3 is 0 Å². The second-order valence-corrected chi connectivity index (χ2v) is 4.94. The van der Waals surface area contributed by atoms with Gasteiger partial charge < -0.3 is 0 Å². The molecule has 1 rings (SSSR count). The molecule has 1 aromatic heterocycles. The first-order chi connectivity index (χ1) is 7.29. The van der Waals surface area contributed by atoms with E-state index in [1.807, 2.05) is 0 Å². The SMILES string of the molecule is N#Cc1c(Br)ncc(S(N)(=O)=O)c1C(F)F. The summed E-state index contributed by atoms with van der Waals surface area (Å²) in [6.07, 6.45) is -2.45. The molecule has 0 bridgehead atoms. The maximum Gasteiger partial charge on any atom is 0.266 e. The van der Waals surface area contributed by atoms with Gasteiger partial charge in [0, 0.05) is 6.20 Å². The quantitative estimate of drug-likeness (QED) is 0.832. The Labute approximate surface area is 98.1 Å². The lowest BCUT2D eigenvalue weighted by atomic mass is 10.1. The third-order valence-corrected chi connectivity index (χ3v) is 3.21. The van der Waals surface area contributed by atoms with Crippen LogP contribution >= 0.6 is 15.9 Å². The summed E-state index contributed by atoms with van der Waals surface area (Å²) in [4.78, 5) is 2.62. The van der Waals surface area contributed by atoms with E-state index in [1.165, 1.54) is 6.07 Å². The summed E-state index contributed by atoms with van der Waals surface area (Å²) < 4.78 is 47.2. The summed E-state index contributed by atoms with van der Waals surface area (Å²) in [5.74, 6) is 0. The van der Waals surface area contributed by atoms with E-state index < -0.39 is 32.5 Å². The van der Waals surface area contributed by atoms with E-state index in [2.05, 4.69) is 20.9 Å². The van der Waals surface area contributed by atoms with Crippen molar-refractivity contribution in [2.45, 2.75) is 11.3 Å². The minimum absolute atomic E-state index is 0.155. The van der Waals surface area contributed by atoms with Crippen molar-refractivity contribution < 1.29 is 17.2 Å². The van der Waals surface area contributed by atoms with E-state index in [9.17, 15) is 17.2 Å². The number of primary sulfonamides is 1. The average molecular weight is 312 g/mol. The molecule has 0 atom stereocenters. The van der Waals surface area contributed by atoms with Gasteiger partial charge in [0.15, 0.2) is 0 Å². The second-order valence-electron chi connectivity index (χ2n) is 2.66. The maximum atomic E-state index is 12.7. The standard InChI is InChI=1S/C7H4BrF2N3O2S/c8-6-3(1-11)5(7(9)10)4(2-13-6)16(12,14)15/h2,7H,(H2,12,14,15). The van der Waals surface area contributed by atoms with Gasteiger partial charge in [-0.3, -0.25) is 0 Å². The van der Waals surface area contributed by atoms with Gasteiger partial charge in [-0.25, -0.2) is 27.3 Å². The predicted molar refractivity (Wildman–Crippen MR) is 53.0 cm³/mol. The first kappa shape index (κ1) is 13.0. The molecule has 9 heteroatoms. The van der Waals surface area contributed by atoms with Gasteiger partial charge in [0.25, 0.3) is 6.43 Å². The Hall–Kier alpha value is -1.11. The van der Waals surface area contributed by atoms with E-state index in [-0.39, 0.29) is 4.60 Å². The van der Waals surface area contributed by atoms with Crippen molar-refractivity contribution in [3.05, 3.63) is 21.9 Å². The van der Waals surface area contributed by atoms with Gasteiger partial charge in [-0.2, -0.15) is 5.26 Å². The zero-order valence-electron chi connectivity index (χ0n) is 7.49. The number of nitriles is 1. The molecule has 0 saturated heterocycles. The molecule has 0 aromatic carbocycles. The molecule has 2 N–H and O–H groups in total. The topological polar surface area (TPSA) is 96.8 Å². The third kappa shape index (κ3) is 2.34. The van der Waals surface area contributed by atoms with Gasteiger partial charge in [0.05, 0.1) is 11.1 Å². The van der Waals surface area contributed by atoms with Crippen molar-refractivity contribution in [3.63, 3.8) is 0 Å². The molecule has 0 spiro atoms. The number of alkyl halides is 2. The lowest BCUT2D eigenvalue weighted by Crippen LogP contribution is -2.16. The Morgan fingerprint density at radius 3 is 2.50 bits per heavy atom. The number of nitrogens with zero attached hydrogens (tertiary/aromatic N) is 2. The first-order valence-electron chi connectivity index (χ1n) is 3.68. The summed E-state index contributed by atoms with van der Waals surface area (Å²) in [5, 5.41) is 13.4. The Balaban J connectivity index is 3.74. The number of rotatable bonds is 2. The normalized spacial score (nSPS) is 11.5. The van der Waals surface area contributed by atoms with Crippen LogP contribution in [0.1, 0.15) is 17.6 Å². The Morgan fingerprint density at radius 2 is 2.12 bits per heavy atom. The zero-order chi connectivity index (χ0) is 12.5. The van der Waals surface area contributed by atoms with Gasteiger partial charge in [0.1, 0.15) is 15.6 Å². The summed E-state index contributed by atoms with van der Waals surface area (Å²) in [7, 11) is -4.34. The zero-order valence-corrected chi connectivity index (χ0v) is 9.89. The van der Waals surface area contributed by atoms with Crippen molar-refractivity contribution in [2.24, 2.45) is 5.14 Å². The molecule has 16 heavy (non-hydrogen) atoms. The number of nitrogens with two attached hydrogens (primary N) is 1. The highest BCUT2D eigenvalue weighted by Gasteiger charge is 2.26. The minimum atomic E-state index is -4.34. The smallest absolute Gasteiger partial charge is 0.247 e. The molecule has 0 amide bonds. The van der Waals surface area contributed by atoms with E-state index in [0.29, 0.717) is 6.20 Å². The Morgan fingerprint density at radius 1 is 1.56 bits per heavy atom. The lowest BCUT2D eigenvalue weighted by molar-refractivity contribution is 0.147. The van der Waals surface area contributed by atoms with E-state index in [1.54, 1.807) is 0 Å². The highest BCUT2D eigenvalue weighted by Crippen LogP contribution is 2.31. The monoisotopic (exact) mass is 311 g/mol. The molecule has 1 aromatic rings. The number of sulfonamides is 1. The fraction of sp³-hybridized carbons (Fsp3) is 0.143. The van der Waals surface area contributed by atoms with Crippen molar-refractivity contribution >= 4 is 26.0 Å². The third-order valence-electron chi connectivity index (χ3n) is 1.67. The number of halogens is 3. The molecule has 0 radical (unpaired) electrons. The minimum Gasteiger partial charge on any atom is -0.247 e. The molecule has 86 valence electrons. The molecule has 0 saturated carbocycles. The van der Waals surface area contributed by atoms with Gasteiger partial charge in [-0.1, -0.05) is 0 Å². The Kier molecular flexibility index (Phi) is 3.57. The van der Waals surface area contributed by atoms with Crippen LogP contribution in [0, 0.1) is 11.3 Å². The average Bonchev–Trinajstić information content (AvgIpc) is 2.14. The molecular weight excluding hydrogens is 308 g/mol. The van der Waals surface area contributed by atoms with Crippen LogP contribution in [0.15, 0.2) is 15.7 Å². The van der Waals surface area contributed by atoms with Gasteiger partial charge in [-0.05, 0) is 15.9 Å². The van der Waals surface area contributed by atoms with E-state index >= 15 is 0 Å². The molecule has 0 fully saturated rings. The van der Waals surface area contributed by atoms with Crippen molar-refractivity contribution in [2.75, 3.05) is 0 Å². The van der Waals surface area contributed by atoms with Crippen LogP contribution in [0.25, 0.3) is 0 Å². The summed E-state index contributed by atoms with van der Waals surface area (Å²) >= 11 is 2.77. The maximum absolute atomic E-state index is 12.7. The molecule has 5 nitrogen and oxygen atoms in total. The van der Waals surface area contributed by atoms with Crippen molar-refractivity contribution in [1.29, 1.82) is 5.26 Å². The predicted octanol–water partition coefficient (Wildman–Crippen LogP) is 1.30. The molecule has 0 aliphatic heterocycles.